The summed E-state index contributed by atoms with van der Waals surface area (Å²) in [6, 6.07) is 6.21. The molecule has 13 nitrogen and oxygen atoms in total. The number of hydrogen-bond acceptors (Lipinski definition) is 11. The summed E-state index contributed by atoms with van der Waals surface area (Å²) in [4.78, 5) is 44.1. The number of esters is 1. The quantitative estimate of drug-likeness (QED) is 0.104. The standard InChI is InChI=1S/C42H51N5O8S/c1-7-23-19(3)27-14-29-21(5)25(10-11-34(49)43-12-9-13-56-42-40(52)39(51)38(50)33(17-48)55-42)36(46-29)26-18-54-41(53)35-22(6)30(47-37(26)35)16-32-24(8-2)20(4)28(45-32)15-31(23)44-27/h7,14-16,21,25,33,38-40,42,44-45,48,50-52H,1,8-13,17-18H2,2-6H3,(H,43,49)/t21-,25-,33+,38+,39-,40+,42-/m0/s1. The number of aliphatic hydroxyl groups is 4. The van der Waals surface area contributed by atoms with E-state index in [-0.39, 0.29) is 30.8 Å². The number of aromatic nitrogens is 4. The van der Waals surface area contributed by atoms with Gasteiger partial charge in [0.15, 0.2) is 0 Å². The van der Waals surface area contributed by atoms with Crippen LogP contribution in [-0.4, -0.2) is 101 Å². The lowest BCUT2D eigenvalue weighted by molar-refractivity contribution is -0.205. The third kappa shape index (κ3) is 7.22. The molecule has 298 valence electrons. The number of thioether (sulfide) groups is 1. The summed E-state index contributed by atoms with van der Waals surface area (Å²) >= 11 is 1.25. The van der Waals surface area contributed by atoms with Crippen LogP contribution in [0, 0.1) is 13.8 Å². The molecule has 0 aromatic carbocycles. The molecule has 1 saturated heterocycles. The summed E-state index contributed by atoms with van der Waals surface area (Å²) in [5.74, 6) is -0.246. The maximum atomic E-state index is 13.3. The number of aryl methyl sites for hydroxylation is 3. The molecule has 0 unspecified atom stereocenters. The molecule has 0 spiro atoms. The van der Waals surface area contributed by atoms with Gasteiger partial charge in [0.05, 0.1) is 29.3 Å². The van der Waals surface area contributed by atoms with Gasteiger partial charge in [-0.15, -0.1) is 11.8 Å². The molecule has 0 radical (unpaired) electrons. The number of fused-ring (bicyclic) bond motifs is 8. The maximum absolute atomic E-state index is 13.3. The molecule has 56 heavy (non-hydrogen) atoms. The molecule has 0 aliphatic carbocycles. The van der Waals surface area contributed by atoms with Crippen molar-refractivity contribution >= 4 is 62.9 Å². The number of ether oxygens (including phenoxy) is 2. The predicted molar refractivity (Wildman–Crippen MR) is 216 cm³/mol. The highest BCUT2D eigenvalue weighted by atomic mass is 32.2. The highest BCUT2D eigenvalue weighted by Gasteiger charge is 2.43. The molecule has 8 bridgehead atoms. The summed E-state index contributed by atoms with van der Waals surface area (Å²) in [5.41, 5.74) is 12.1. The van der Waals surface area contributed by atoms with Crippen LogP contribution in [0.3, 0.4) is 0 Å². The molecule has 7 atom stereocenters. The highest BCUT2D eigenvalue weighted by Crippen LogP contribution is 2.45. The number of cyclic esters (lactones) is 1. The van der Waals surface area contributed by atoms with Crippen LogP contribution in [0.25, 0.3) is 39.3 Å². The van der Waals surface area contributed by atoms with Crippen molar-refractivity contribution in [3.05, 3.63) is 75.4 Å². The Hall–Kier alpha value is -4.31. The van der Waals surface area contributed by atoms with E-state index in [1.165, 1.54) is 17.3 Å². The van der Waals surface area contributed by atoms with Crippen molar-refractivity contribution in [3.8, 4) is 0 Å². The van der Waals surface area contributed by atoms with Crippen molar-refractivity contribution in [2.75, 3.05) is 18.9 Å². The number of allylic oxidation sites excluding steroid dienone is 1. The van der Waals surface area contributed by atoms with Gasteiger partial charge in [-0.2, -0.15) is 0 Å². The molecule has 7 rings (SSSR count). The van der Waals surface area contributed by atoms with Crippen LogP contribution in [0.1, 0.15) is 102 Å². The first kappa shape index (κ1) is 39.9. The van der Waals surface area contributed by atoms with E-state index in [0.29, 0.717) is 42.1 Å². The van der Waals surface area contributed by atoms with Gasteiger partial charge in [-0.05, 0) is 86.2 Å². The molecule has 3 aromatic heterocycles. The Morgan fingerprint density at radius 3 is 2.52 bits per heavy atom. The maximum Gasteiger partial charge on any atom is 0.341 e. The van der Waals surface area contributed by atoms with Crippen LogP contribution in [0.5, 0.6) is 0 Å². The molecule has 14 heteroatoms. The molecule has 0 saturated carbocycles. The summed E-state index contributed by atoms with van der Waals surface area (Å²) < 4.78 is 11.4. The van der Waals surface area contributed by atoms with Crippen LogP contribution in [0.2, 0.25) is 0 Å². The number of amides is 1. The van der Waals surface area contributed by atoms with E-state index >= 15 is 0 Å². The minimum absolute atomic E-state index is 0.0303. The van der Waals surface area contributed by atoms with Gasteiger partial charge in [0.25, 0.3) is 0 Å². The van der Waals surface area contributed by atoms with E-state index in [9.17, 15) is 30.0 Å². The average molecular weight is 786 g/mol. The molecule has 7 N–H and O–H groups in total. The topological polar surface area (TPSA) is 203 Å². The fraction of sp³-hybridized carbons (Fsp3) is 0.476. The SMILES string of the molecule is C=Cc1c(C)c2cc3nc(c4c5nc(cc6[nH]c(cc1[nH]2)c(C)c6CC)C(C)=C5C(=O)OC4)[C@@H](CCC(=O)NCCCS[C@@H]1O[C@H](CO)[C@@H](O)[C@H](O)[C@H]1O)[C@@H]3C. The van der Waals surface area contributed by atoms with Crippen molar-refractivity contribution in [1.29, 1.82) is 0 Å². The average Bonchev–Trinajstić information content (AvgIpc) is 3.87. The normalized spacial score (nSPS) is 24.7. The Bertz CT molecular complexity index is 2260. The minimum Gasteiger partial charge on any atom is -0.457 e. The zero-order valence-electron chi connectivity index (χ0n) is 32.4. The fourth-order valence-corrected chi connectivity index (χ4v) is 9.46. The third-order valence-corrected chi connectivity index (χ3v) is 13.0. The lowest BCUT2D eigenvalue weighted by Crippen LogP contribution is -2.57. The van der Waals surface area contributed by atoms with Gasteiger partial charge in [0.2, 0.25) is 5.91 Å². The molecule has 3 aromatic rings. The lowest BCUT2D eigenvalue weighted by Gasteiger charge is -2.39. The van der Waals surface area contributed by atoms with Crippen LogP contribution in [0.4, 0.5) is 0 Å². The molecule has 1 amide bonds. The Morgan fingerprint density at radius 2 is 1.79 bits per heavy atom. The number of nitrogens with one attached hydrogen (secondary N) is 3. The Kier molecular flexibility index (Phi) is 11.6. The lowest BCUT2D eigenvalue weighted by atomic mass is 9.84. The monoisotopic (exact) mass is 785 g/mol. The number of carbonyl (C=O) groups is 2. The van der Waals surface area contributed by atoms with Crippen molar-refractivity contribution in [2.45, 2.75) is 109 Å². The van der Waals surface area contributed by atoms with E-state index in [2.05, 4.69) is 61.7 Å². The van der Waals surface area contributed by atoms with E-state index in [0.717, 1.165) is 67.7 Å². The second-order valence-corrected chi connectivity index (χ2v) is 16.3. The molecule has 7 heterocycles. The van der Waals surface area contributed by atoms with Gasteiger partial charge in [-0.1, -0.05) is 26.5 Å². The zero-order chi connectivity index (χ0) is 40.0. The first-order valence-electron chi connectivity index (χ1n) is 19.3. The number of carbonyl (C=O) groups excluding carboxylic acids is 2. The fourth-order valence-electron chi connectivity index (χ4n) is 8.34. The van der Waals surface area contributed by atoms with E-state index in [1.54, 1.807) is 0 Å². The first-order valence-corrected chi connectivity index (χ1v) is 20.4. The number of hydrogen-bond donors (Lipinski definition) is 7. The van der Waals surface area contributed by atoms with Crippen LogP contribution in [0.15, 0.2) is 24.8 Å². The first-order chi connectivity index (χ1) is 26.9. The van der Waals surface area contributed by atoms with Gasteiger partial charge in [0, 0.05) is 63.7 Å². The van der Waals surface area contributed by atoms with E-state index in [1.807, 2.05) is 19.1 Å². The van der Waals surface area contributed by atoms with E-state index < -0.39 is 42.4 Å². The molecule has 1 fully saturated rings. The van der Waals surface area contributed by atoms with Gasteiger partial charge in [-0.3, -0.25) is 9.78 Å². The van der Waals surface area contributed by atoms with Crippen molar-refractivity contribution in [3.63, 3.8) is 0 Å². The van der Waals surface area contributed by atoms with Crippen molar-refractivity contribution < 1.29 is 39.5 Å². The third-order valence-electron chi connectivity index (χ3n) is 11.7. The molecule has 4 aliphatic rings. The van der Waals surface area contributed by atoms with E-state index in [4.69, 9.17) is 19.4 Å². The van der Waals surface area contributed by atoms with Gasteiger partial charge >= 0.3 is 5.97 Å². The van der Waals surface area contributed by atoms with Gasteiger partial charge < -0.3 is 45.2 Å². The molecular formula is C42H51N5O8S. The number of rotatable bonds is 11. The molecular weight excluding hydrogens is 735 g/mol. The largest absolute Gasteiger partial charge is 0.457 e. The number of aromatic amines is 2. The second-order valence-electron chi connectivity index (χ2n) is 15.1. The Morgan fingerprint density at radius 1 is 1.04 bits per heavy atom. The number of H-pyrrole nitrogens is 2. The molecule has 4 aliphatic heterocycles. The smallest absolute Gasteiger partial charge is 0.341 e. The van der Waals surface area contributed by atoms with Crippen molar-refractivity contribution in [1.82, 2.24) is 25.3 Å². The van der Waals surface area contributed by atoms with Gasteiger partial charge in [-0.25, -0.2) is 9.78 Å². The summed E-state index contributed by atoms with van der Waals surface area (Å²) in [6.45, 7) is 14.4. The number of aliphatic hydroxyl groups excluding tert-OH is 4. The minimum atomic E-state index is -1.42. The summed E-state index contributed by atoms with van der Waals surface area (Å²) in [5, 5.41) is 42.9. The van der Waals surface area contributed by atoms with Crippen LogP contribution >= 0.6 is 11.8 Å². The van der Waals surface area contributed by atoms with Crippen molar-refractivity contribution in [2.24, 2.45) is 0 Å². The zero-order valence-corrected chi connectivity index (χ0v) is 33.3. The second kappa shape index (κ2) is 16.3. The summed E-state index contributed by atoms with van der Waals surface area (Å²) in [6.07, 6.45) is -1.10. The van der Waals surface area contributed by atoms with Crippen LogP contribution < -0.4 is 5.32 Å². The Balaban J connectivity index is 1.19. The van der Waals surface area contributed by atoms with Crippen LogP contribution in [-0.2, 0) is 32.1 Å². The van der Waals surface area contributed by atoms with Gasteiger partial charge in [0.1, 0.15) is 36.5 Å². The highest BCUT2D eigenvalue weighted by molar-refractivity contribution is 7.99. The number of nitrogens with zero attached hydrogens (tertiary/aromatic N) is 2. The summed E-state index contributed by atoms with van der Waals surface area (Å²) in [7, 11) is 0. The predicted octanol–water partition coefficient (Wildman–Crippen LogP) is 4.83. The Labute approximate surface area is 329 Å².